The first-order valence-electron chi connectivity index (χ1n) is 7.48. The molecule has 4 nitrogen and oxygen atoms in total. The van der Waals surface area contributed by atoms with E-state index in [4.69, 9.17) is 0 Å². The van der Waals surface area contributed by atoms with Gasteiger partial charge in [0.05, 0.1) is 12.2 Å². The van der Waals surface area contributed by atoms with Crippen molar-refractivity contribution in [3.8, 4) is 11.3 Å². The van der Waals surface area contributed by atoms with Gasteiger partial charge in [-0.25, -0.2) is 13.8 Å². The third-order valence-corrected chi connectivity index (χ3v) is 5.97. The highest BCUT2D eigenvalue weighted by molar-refractivity contribution is 14.2. The molecule has 0 N–H and O–H groups in total. The summed E-state index contributed by atoms with van der Waals surface area (Å²) >= 11 is 5.66. The van der Waals surface area contributed by atoms with Crippen LogP contribution in [0.15, 0.2) is 53.4 Å². The molecule has 0 aliphatic carbocycles. The highest BCUT2D eigenvalue weighted by atomic mass is 127. The Hall–Kier alpha value is -1.46. The Labute approximate surface area is 172 Å². The van der Waals surface area contributed by atoms with E-state index in [2.05, 4.69) is 47.2 Å². The van der Waals surface area contributed by atoms with Crippen molar-refractivity contribution in [1.29, 1.82) is 0 Å². The summed E-state index contributed by atoms with van der Waals surface area (Å²) in [6, 6.07) is 7.36. The van der Waals surface area contributed by atoms with E-state index in [-0.39, 0.29) is 6.54 Å². The van der Waals surface area contributed by atoms with E-state index in [9.17, 15) is 8.78 Å². The molecule has 0 amide bonds. The maximum Gasteiger partial charge on any atom is 0.151 e. The number of benzene rings is 1. The van der Waals surface area contributed by atoms with Gasteiger partial charge in [0.15, 0.2) is 5.65 Å². The van der Waals surface area contributed by atoms with Crippen LogP contribution in [0.3, 0.4) is 0 Å². The molecule has 1 aromatic carbocycles. The van der Waals surface area contributed by atoms with Gasteiger partial charge in [-0.3, -0.25) is 8.65 Å². The fraction of sp³-hybridized carbons (Fsp3) is 0.0588. The van der Waals surface area contributed by atoms with E-state index in [1.807, 2.05) is 22.3 Å². The van der Waals surface area contributed by atoms with Crippen LogP contribution in [0.2, 0.25) is 0 Å². The SMILES string of the molecule is Fc1cc(F)cc(Cn2ccc(-c3cn(SI)c4ncc(Br)cc34)n2)c1. The van der Waals surface area contributed by atoms with Crippen molar-refractivity contribution in [2.24, 2.45) is 0 Å². The maximum atomic E-state index is 13.4. The summed E-state index contributed by atoms with van der Waals surface area (Å²) in [7, 11) is 1.52. The summed E-state index contributed by atoms with van der Waals surface area (Å²) in [5.74, 6) is -1.18. The second kappa shape index (κ2) is 7.28. The van der Waals surface area contributed by atoms with Crippen LogP contribution in [0.5, 0.6) is 0 Å². The molecule has 0 aliphatic rings. The van der Waals surface area contributed by atoms with Crippen LogP contribution in [0, 0.1) is 11.6 Å². The molecule has 0 fully saturated rings. The van der Waals surface area contributed by atoms with Crippen LogP contribution >= 0.6 is 46.3 Å². The van der Waals surface area contributed by atoms with Crippen LogP contribution in [-0.4, -0.2) is 18.7 Å². The van der Waals surface area contributed by atoms with Crippen LogP contribution in [0.4, 0.5) is 8.78 Å². The predicted molar refractivity (Wildman–Crippen MR) is 111 cm³/mol. The number of pyridine rings is 1. The van der Waals surface area contributed by atoms with Gasteiger partial charge in [0.1, 0.15) is 11.6 Å². The molecule has 3 heterocycles. The van der Waals surface area contributed by atoms with Crippen molar-refractivity contribution >= 4 is 57.3 Å². The number of aromatic nitrogens is 4. The molecule has 9 heteroatoms. The third kappa shape index (κ3) is 3.52. The van der Waals surface area contributed by atoms with Gasteiger partial charge in [-0.15, -0.1) is 0 Å². The lowest BCUT2D eigenvalue weighted by molar-refractivity contribution is 0.574. The predicted octanol–water partition coefficient (Wildman–Crippen LogP) is 5.84. The van der Waals surface area contributed by atoms with Gasteiger partial charge < -0.3 is 0 Å². The molecular formula is C17H10BrF2IN4S. The number of fused-ring (bicyclic) bond motifs is 1. The molecule has 3 aromatic heterocycles. The molecule has 26 heavy (non-hydrogen) atoms. The summed E-state index contributed by atoms with van der Waals surface area (Å²) in [6.07, 6.45) is 5.53. The van der Waals surface area contributed by atoms with Gasteiger partial charge in [-0.1, -0.05) is 0 Å². The quantitative estimate of drug-likeness (QED) is 0.302. The Kier molecular flexibility index (Phi) is 5.02. The van der Waals surface area contributed by atoms with Crippen molar-refractivity contribution in [2.45, 2.75) is 6.54 Å². The zero-order valence-corrected chi connectivity index (χ0v) is 17.6. The zero-order valence-electron chi connectivity index (χ0n) is 13.0. The minimum Gasteiger partial charge on any atom is -0.268 e. The molecular weight excluding hydrogens is 537 g/mol. The Bertz CT molecular complexity index is 1090. The van der Waals surface area contributed by atoms with Crippen molar-refractivity contribution in [3.63, 3.8) is 0 Å². The molecule has 0 saturated carbocycles. The molecule has 0 radical (unpaired) electrons. The lowest BCUT2D eigenvalue weighted by atomic mass is 10.2. The van der Waals surface area contributed by atoms with E-state index in [0.29, 0.717) is 5.56 Å². The number of nitrogens with zero attached hydrogens (tertiary/aromatic N) is 4. The van der Waals surface area contributed by atoms with Crippen molar-refractivity contribution in [1.82, 2.24) is 18.7 Å². The minimum atomic E-state index is -0.592. The van der Waals surface area contributed by atoms with E-state index >= 15 is 0 Å². The average molecular weight is 547 g/mol. The summed E-state index contributed by atoms with van der Waals surface area (Å²) in [6.45, 7) is 0.288. The van der Waals surface area contributed by atoms with E-state index < -0.39 is 11.6 Å². The van der Waals surface area contributed by atoms with E-state index in [1.165, 1.54) is 21.3 Å². The Morgan fingerprint density at radius 1 is 1.15 bits per heavy atom. The third-order valence-electron chi connectivity index (χ3n) is 3.84. The summed E-state index contributed by atoms with van der Waals surface area (Å²) in [4.78, 5) is 4.46. The standard InChI is InChI=1S/C17H10BrF2IN4S/c18-11-5-14-15(9-25(26-21)17(14)22-7-11)16-1-2-24(23-16)8-10-3-12(19)6-13(20)4-10/h1-7,9H,8H2. The first-order chi connectivity index (χ1) is 12.5. The second-order valence-corrected chi connectivity index (χ2v) is 8.27. The maximum absolute atomic E-state index is 13.4. The fourth-order valence-corrected chi connectivity index (χ4v) is 4.38. The van der Waals surface area contributed by atoms with Crippen LogP contribution in [0.1, 0.15) is 5.56 Å². The molecule has 4 rings (SSSR count). The van der Waals surface area contributed by atoms with E-state index in [0.717, 1.165) is 32.8 Å². The van der Waals surface area contributed by atoms with Gasteiger partial charge in [0.2, 0.25) is 0 Å². The highest BCUT2D eigenvalue weighted by Gasteiger charge is 2.14. The van der Waals surface area contributed by atoms with Crippen LogP contribution < -0.4 is 0 Å². The van der Waals surface area contributed by atoms with Gasteiger partial charge in [0.25, 0.3) is 0 Å². The van der Waals surface area contributed by atoms with Gasteiger partial charge >= 0.3 is 0 Å². The summed E-state index contributed by atoms with van der Waals surface area (Å²) in [5.41, 5.74) is 3.09. The molecule has 0 unspecified atom stereocenters. The zero-order chi connectivity index (χ0) is 18.3. The molecule has 132 valence electrons. The number of halogens is 4. The number of rotatable bonds is 4. The molecule has 0 aliphatic heterocycles. The van der Waals surface area contributed by atoms with Crippen LogP contribution in [-0.2, 0) is 6.54 Å². The number of hydrogen-bond acceptors (Lipinski definition) is 3. The molecule has 0 bridgehead atoms. The molecule has 0 spiro atoms. The van der Waals surface area contributed by atoms with Gasteiger partial charge in [0, 0.05) is 70.4 Å². The van der Waals surface area contributed by atoms with Crippen molar-refractivity contribution in [3.05, 3.63) is 70.6 Å². The fourth-order valence-electron chi connectivity index (χ4n) is 2.79. The van der Waals surface area contributed by atoms with Gasteiger partial charge in [-0.2, -0.15) is 5.10 Å². The lowest BCUT2D eigenvalue weighted by Crippen LogP contribution is -2.01. The first kappa shape index (κ1) is 17.9. The van der Waals surface area contributed by atoms with Crippen molar-refractivity contribution in [2.75, 3.05) is 0 Å². The average Bonchev–Trinajstić information content (AvgIpc) is 3.17. The van der Waals surface area contributed by atoms with E-state index in [1.54, 1.807) is 17.1 Å². The highest BCUT2D eigenvalue weighted by Crippen LogP contribution is 2.34. The topological polar surface area (TPSA) is 35.6 Å². The Morgan fingerprint density at radius 3 is 2.65 bits per heavy atom. The molecule has 0 atom stereocenters. The van der Waals surface area contributed by atoms with Crippen molar-refractivity contribution < 1.29 is 8.78 Å². The van der Waals surface area contributed by atoms with Crippen LogP contribution in [0.25, 0.3) is 22.3 Å². The summed E-state index contributed by atoms with van der Waals surface area (Å²) in [5, 5.41) is 5.54. The second-order valence-electron chi connectivity index (χ2n) is 5.64. The Morgan fingerprint density at radius 2 is 1.92 bits per heavy atom. The monoisotopic (exact) mass is 546 g/mol. The first-order valence-corrected chi connectivity index (χ1v) is 11.6. The summed E-state index contributed by atoms with van der Waals surface area (Å²) < 4.78 is 31.3. The molecule has 0 saturated heterocycles. The molecule has 4 aromatic rings. The number of hydrogen-bond donors (Lipinski definition) is 0. The normalized spacial score (nSPS) is 11.4. The largest absolute Gasteiger partial charge is 0.268 e. The van der Waals surface area contributed by atoms with Gasteiger partial charge in [-0.05, 0) is 45.8 Å². The Balaban J connectivity index is 1.72. The lowest BCUT2D eigenvalue weighted by Gasteiger charge is -2.03. The minimum absolute atomic E-state index is 0.288. The smallest absolute Gasteiger partial charge is 0.151 e.